The molecule has 0 radical (unpaired) electrons. The fourth-order valence-corrected chi connectivity index (χ4v) is 3.85. The highest BCUT2D eigenvalue weighted by Gasteiger charge is 2.45. The van der Waals surface area contributed by atoms with E-state index in [2.05, 4.69) is 10.2 Å². The van der Waals surface area contributed by atoms with Gasteiger partial charge in [0.25, 0.3) is 0 Å². The summed E-state index contributed by atoms with van der Waals surface area (Å²) in [5.41, 5.74) is 1.84. The Morgan fingerprint density at radius 3 is 2.58 bits per heavy atom. The van der Waals surface area contributed by atoms with E-state index in [1.165, 1.54) is 0 Å². The molecule has 1 aromatic rings. The monoisotopic (exact) mass is 374 g/mol. The standard InChI is InChI=1S/C19H26F4N2O/c1-18(2,26)7-8-25-11-24-16-6-3-12(9-17(16)25)14-5-4-13(10-15(14)20)19(21,22)23/h3,6,9,13-15,24,26H,4-5,7-8,10-11H2,1-2H3. The molecule has 0 bridgehead atoms. The van der Waals surface area contributed by atoms with E-state index in [9.17, 15) is 22.7 Å². The molecular weight excluding hydrogens is 348 g/mol. The van der Waals surface area contributed by atoms with Crippen LogP contribution in [0.3, 0.4) is 0 Å². The van der Waals surface area contributed by atoms with Crippen LogP contribution in [0.25, 0.3) is 0 Å². The van der Waals surface area contributed by atoms with Gasteiger partial charge in [-0.1, -0.05) is 6.07 Å². The van der Waals surface area contributed by atoms with E-state index in [1.807, 2.05) is 18.2 Å². The summed E-state index contributed by atoms with van der Waals surface area (Å²) in [6.45, 7) is 4.75. The summed E-state index contributed by atoms with van der Waals surface area (Å²) in [7, 11) is 0. The number of aliphatic hydroxyl groups is 1. The molecule has 2 aliphatic rings. The Bertz CT molecular complexity index is 641. The summed E-state index contributed by atoms with van der Waals surface area (Å²) in [5, 5.41) is 13.2. The molecule has 146 valence electrons. The predicted octanol–water partition coefficient (Wildman–Crippen LogP) is 4.82. The summed E-state index contributed by atoms with van der Waals surface area (Å²) >= 11 is 0. The van der Waals surface area contributed by atoms with E-state index in [-0.39, 0.29) is 12.8 Å². The maximum atomic E-state index is 14.5. The highest BCUT2D eigenvalue weighted by Crippen LogP contribution is 2.45. The molecule has 2 N–H and O–H groups in total. The number of hydrogen-bond acceptors (Lipinski definition) is 3. The SMILES string of the molecule is CC(C)(O)CCN1CNc2ccc(C3CCC(C(F)(F)F)CC3F)cc21. The summed E-state index contributed by atoms with van der Waals surface area (Å²) in [6, 6.07) is 5.58. The maximum Gasteiger partial charge on any atom is 0.391 e. The molecule has 7 heteroatoms. The molecule has 0 amide bonds. The third-order valence-corrected chi connectivity index (χ3v) is 5.48. The molecule has 1 saturated carbocycles. The highest BCUT2D eigenvalue weighted by atomic mass is 19.4. The van der Waals surface area contributed by atoms with E-state index in [0.717, 1.165) is 16.9 Å². The number of hydrogen-bond donors (Lipinski definition) is 2. The summed E-state index contributed by atoms with van der Waals surface area (Å²) in [4.78, 5) is 2.07. The molecule has 1 heterocycles. The van der Waals surface area contributed by atoms with Gasteiger partial charge in [0.05, 0.1) is 29.6 Å². The average Bonchev–Trinajstić information content (AvgIpc) is 2.93. The second-order valence-corrected chi connectivity index (χ2v) is 8.11. The second kappa shape index (κ2) is 6.91. The van der Waals surface area contributed by atoms with Crippen LogP contribution in [0.15, 0.2) is 18.2 Å². The average molecular weight is 374 g/mol. The molecule has 3 atom stereocenters. The molecule has 1 aromatic carbocycles. The third kappa shape index (κ3) is 4.24. The number of fused-ring (bicyclic) bond motifs is 1. The second-order valence-electron chi connectivity index (χ2n) is 8.11. The van der Waals surface area contributed by atoms with Gasteiger partial charge in [-0.25, -0.2) is 4.39 Å². The van der Waals surface area contributed by atoms with Crippen molar-refractivity contribution in [1.29, 1.82) is 0 Å². The van der Waals surface area contributed by atoms with Crippen molar-refractivity contribution >= 4 is 11.4 Å². The number of halogens is 4. The lowest BCUT2D eigenvalue weighted by atomic mass is 9.77. The van der Waals surface area contributed by atoms with Crippen LogP contribution >= 0.6 is 0 Å². The van der Waals surface area contributed by atoms with Crippen molar-refractivity contribution in [1.82, 2.24) is 0 Å². The van der Waals surface area contributed by atoms with Gasteiger partial charge in [-0.2, -0.15) is 13.2 Å². The summed E-state index contributed by atoms with van der Waals surface area (Å²) in [5.74, 6) is -2.02. The van der Waals surface area contributed by atoms with Crippen LogP contribution in [-0.2, 0) is 0 Å². The van der Waals surface area contributed by atoms with Gasteiger partial charge in [0.2, 0.25) is 0 Å². The fourth-order valence-electron chi connectivity index (χ4n) is 3.85. The Labute approximate surface area is 151 Å². The first-order valence-electron chi connectivity index (χ1n) is 9.10. The van der Waals surface area contributed by atoms with Crippen LogP contribution in [-0.4, -0.2) is 36.3 Å². The Morgan fingerprint density at radius 2 is 1.96 bits per heavy atom. The first kappa shape index (κ1) is 19.3. The van der Waals surface area contributed by atoms with Crippen molar-refractivity contribution in [2.75, 3.05) is 23.4 Å². The molecule has 0 spiro atoms. The van der Waals surface area contributed by atoms with Gasteiger partial charge in [0.1, 0.15) is 6.17 Å². The van der Waals surface area contributed by atoms with Crippen molar-refractivity contribution in [3.8, 4) is 0 Å². The van der Waals surface area contributed by atoms with Gasteiger partial charge >= 0.3 is 6.18 Å². The lowest BCUT2D eigenvalue weighted by Crippen LogP contribution is -2.33. The normalized spacial score (nSPS) is 26.6. The molecule has 1 aliphatic carbocycles. The smallest absolute Gasteiger partial charge is 0.390 e. The lowest BCUT2D eigenvalue weighted by Gasteiger charge is -2.33. The highest BCUT2D eigenvalue weighted by molar-refractivity contribution is 5.75. The van der Waals surface area contributed by atoms with Crippen LogP contribution in [0.4, 0.5) is 28.9 Å². The fraction of sp³-hybridized carbons (Fsp3) is 0.684. The first-order chi connectivity index (χ1) is 12.0. The van der Waals surface area contributed by atoms with Crippen LogP contribution in [0.5, 0.6) is 0 Å². The number of benzene rings is 1. The van der Waals surface area contributed by atoms with Gasteiger partial charge in [-0.05, 0) is 57.2 Å². The van der Waals surface area contributed by atoms with Gasteiger partial charge in [-0.3, -0.25) is 0 Å². The minimum atomic E-state index is -4.31. The topological polar surface area (TPSA) is 35.5 Å². The molecule has 3 unspecified atom stereocenters. The molecule has 3 rings (SSSR count). The number of alkyl halides is 4. The van der Waals surface area contributed by atoms with E-state index in [0.29, 0.717) is 19.6 Å². The molecule has 3 nitrogen and oxygen atoms in total. The van der Waals surface area contributed by atoms with Crippen LogP contribution in [0.2, 0.25) is 0 Å². The zero-order valence-corrected chi connectivity index (χ0v) is 15.1. The summed E-state index contributed by atoms with van der Waals surface area (Å²) in [6.07, 6.45) is -5.47. The Morgan fingerprint density at radius 1 is 1.23 bits per heavy atom. The van der Waals surface area contributed by atoms with Crippen molar-refractivity contribution in [2.45, 2.75) is 63.4 Å². The predicted molar refractivity (Wildman–Crippen MR) is 94.2 cm³/mol. The minimum Gasteiger partial charge on any atom is -0.390 e. The lowest BCUT2D eigenvalue weighted by molar-refractivity contribution is -0.187. The molecule has 0 aromatic heterocycles. The number of nitrogens with zero attached hydrogens (tertiary/aromatic N) is 1. The molecule has 1 fully saturated rings. The van der Waals surface area contributed by atoms with Crippen LogP contribution < -0.4 is 10.2 Å². The van der Waals surface area contributed by atoms with Crippen LogP contribution in [0, 0.1) is 5.92 Å². The Hall–Kier alpha value is -1.50. The van der Waals surface area contributed by atoms with Gasteiger partial charge in [-0.15, -0.1) is 0 Å². The largest absolute Gasteiger partial charge is 0.391 e. The maximum absolute atomic E-state index is 14.5. The molecule has 26 heavy (non-hydrogen) atoms. The quantitative estimate of drug-likeness (QED) is 0.742. The van der Waals surface area contributed by atoms with Crippen molar-refractivity contribution in [3.05, 3.63) is 23.8 Å². The first-order valence-corrected chi connectivity index (χ1v) is 9.10. The van der Waals surface area contributed by atoms with E-state index in [4.69, 9.17) is 0 Å². The van der Waals surface area contributed by atoms with Gasteiger partial charge in [0.15, 0.2) is 0 Å². The van der Waals surface area contributed by atoms with Crippen molar-refractivity contribution in [2.24, 2.45) is 5.92 Å². The number of rotatable bonds is 4. The van der Waals surface area contributed by atoms with Crippen molar-refractivity contribution < 1.29 is 22.7 Å². The zero-order valence-electron chi connectivity index (χ0n) is 15.1. The number of anilines is 2. The van der Waals surface area contributed by atoms with Crippen LogP contribution in [0.1, 0.15) is 51.0 Å². The van der Waals surface area contributed by atoms with Crippen molar-refractivity contribution in [3.63, 3.8) is 0 Å². The third-order valence-electron chi connectivity index (χ3n) is 5.48. The zero-order chi connectivity index (χ0) is 19.1. The minimum absolute atomic E-state index is 0.0215. The van der Waals surface area contributed by atoms with Gasteiger partial charge in [0, 0.05) is 12.5 Å². The van der Waals surface area contributed by atoms with E-state index in [1.54, 1.807) is 13.8 Å². The summed E-state index contributed by atoms with van der Waals surface area (Å²) < 4.78 is 53.1. The van der Waals surface area contributed by atoms with Gasteiger partial charge < -0.3 is 15.3 Å². The molecule has 0 saturated heterocycles. The van der Waals surface area contributed by atoms with E-state index < -0.39 is 36.2 Å². The molecule has 1 aliphatic heterocycles. The number of nitrogens with one attached hydrogen (secondary N) is 1. The Balaban J connectivity index is 1.73. The Kier molecular flexibility index (Phi) is 5.12. The molecular formula is C19H26F4N2O. The van der Waals surface area contributed by atoms with E-state index >= 15 is 0 Å².